The Morgan fingerprint density at radius 2 is 1.93 bits per heavy atom. The molecule has 4 nitrogen and oxygen atoms in total. The predicted molar refractivity (Wildman–Crippen MR) is 44.3 cm³/mol. The normalized spacial score (nSPS) is 15.5. The first-order valence-corrected chi connectivity index (χ1v) is 5.65. The van der Waals surface area contributed by atoms with Crippen LogP contribution in [-0.4, -0.2) is 40.1 Å². The third kappa shape index (κ3) is 7.10. The molecule has 0 fully saturated rings. The van der Waals surface area contributed by atoms with Gasteiger partial charge in [0.05, 0.1) is 12.9 Å². The SMILES string of the molecule is CC(OCCNS(C)(=O)=O)C(F)(F)F. The summed E-state index contributed by atoms with van der Waals surface area (Å²) in [7, 11) is -3.37. The molecule has 0 aromatic rings. The molecular weight excluding hydrogens is 223 g/mol. The van der Waals surface area contributed by atoms with Gasteiger partial charge >= 0.3 is 6.18 Å². The number of nitrogens with one attached hydrogen (secondary N) is 1. The van der Waals surface area contributed by atoms with Crippen molar-refractivity contribution in [3.63, 3.8) is 0 Å². The topological polar surface area (TPSA) is 55.4 Å². The Morgan fingerprint density at radius 1 is 1.43 bits per heavy atom. The Kier molecular flexibility index (Phi) is 4.82. The molecule has 0 aromatic heterocycles. The summed E-state index contributed by atoms with van der Waals surface area (Å²) in [5.74, 6) is 0. The van der Waals surface area contributed by atoms with Gasteiger partial charge in [0.25, 0.3) is 0 Å². The summed E-state index contributed by atoms with van der Waals surface area (Å²) in [6.07, 6.45) is -5.38. The fraction of sp³-hybridized carbons (Fsp3) is 1.00. The summed E-state index contributed by atoms with van der Waals surface area (Å²) in [5.41, 5.74) is 0. The van der Waals surface area contributed by atoms with Crippen LogP contribution in [0.1, 0.15) is 6.92 Å². The van der Waals surface area contributed by atoms with E-state index in [2.05, 4.69) is 4.74 Å². The van der Waals surface area contributed by atoms with Crippen LogP contribution in [0.4, 0.5) is 13.2 Å². The van der Waals surface area contributed by atoms with Crippen LogP contribution >= 0.6 is 0 Å². The highest BCUT2D eigenvalue weighted by Crippen LogP contribution is 2.21. The first-order valence-electron chi connectivity index (χ1n) is 3.76. The maximum absolute atomic E-state index is 11.8. The van der Waals surface area contributed by atoms with Crippen molar-refractivity contribution in [2.24, 2.45) is 0 Å². The first kappa shape index (κ1) is 13.7. The van der Waals surface area contributed by atoms with Crippen LogP contribution in [-0.2, 0) is 14.8 Å². The second-order valence-corrected chi connectivity index (χ2v) is 4.55. The number of hydrogen-bond donors (Lipinski definition) is 1. The van der Waals surface area contributed by atoms with E-state index < -0.39 is 22.3 Å². The Hall–Kier alpha value is -0.340. The molecule has 0 saturated heterocycles. The van der Waals surface area contributed by atoms with Gasteiger partial charge in [0.15, 0.2) is 6.10 Å². The van der Waals surface area contributed by atoms with Crippen LogP contribution in [0.3, 0.4) is 0 Å². The smallest absolute Gasteiger partial charge is 0.368 e. The van der Waals surface area contributed by atoms with Crippen molar-refractivity contribution < 1.29 is 26.3 Å². The minimum Gasteiger partial charge on any atom is -0.368 e. The fourth-order valence-corrected chi connectivity index (χ4v) is 1.01. The number of hydrogen-bond acceptors (Lipinski definition) is 3. The van der Waals surface area contributed by atoms with E-state index in [4.69, 9.17) is 0 Å². The van der Waals surface area contributed by atoms with E-state index in [0.717, 1.165) is 13.2 Å². The molecule has 8 heteroatoms. The average molecular weight is 235 g/mol. The van der Waals surface area contributed by atoms with E-state index in [-0.39, 0.29) is 13.2 Å². The highest BCUT2D eigenvalue weighted by Gasteiger charge is 2.36. The zero-order valence-electron chi connectivity index (χ0n) is 7.76. The monoisotopic (exact) mass is 235 g/mol. The lowest BCUT2D eigenvalue weighted by Crippen LogP contribution is -2.32. The van der Waals surface area contributed by atoms with Gasteiger partial charge in [-0.2, -0.15) is 13.2 Å². The summed E-state index contributed by atoms with van der Waals surface area (Å²) >= 11 is 0. The Bertz CT molecular complexity index is 262. The third-order valence-corrected chi connectivity index (χ3v) is 2.02. The van der Waals surface area contributed by atoms with Crippen molar-refractivity contribution in [1.82, 2.24) is 4.72 Å². The van der Waals surface area contributed by atoms with E-state index in [1.54, 1.807) is 0 Å². The molecule has 0 aromatic carbocycles. The summed E-state index contributed by atoms with van der Waals surface area (Å²) < 4.78 is 62.9. The number of ether oxygens (including phenoxy) is 1. The maximum Gasteiger partial charge on any atom is 0.414 e. The lowest BCUT2D eigenvalue weighted by atomic mass is 10.4. The molecule has 0 amide bonds. The van der Waals surface area contributed by atoms with Gasteiger partial charge in [0, 0.05) is 6.54 Å². The number of alkyl halides is 3. The van der Waals surface area contributed by atoms with E-state index in [0.29, 0.717) is 0 Å². The zero-order chi connectivity index (χ0) is 11.4. The van der Waals surface area contributed by atoms with Crippen LogP contribution in [0.15, 0.2) is 0 Å². The average Bonchev–Trinajstić information content (AvgIpc) is 1.93. The molecule has 0 rings (SSSR count). The zero-order valence-corrected chi connectivity index (χ0v) is 8.57. The minimum atomic E-state index is -4.41. The van der Waals surface area contributed by atoms with Gasteiger partial charge < -0.3 is 4.74 Å². The number of sulfonamides is 1. The third-order valence-electron chi connectivity index (χ3n) is 1.30. The van der Waals surface area contributed by atoms with Gasteiger partial charge in [-0.05, 0) is 6.92 Å². The van der Waals surface area contributed by atoms with Gasteiger partial charge in [-0.25, -0.2) is 13.1 Å². The van der Waals surface area contributed by atoms with Gasteiger partial charge in [-0.3, -0.25) is 0 Å². The van der Waals surface area contributed by atoms with Crippen LogP contribution in [0.2, 0.25) is 0 Å². The predicted octanol–water partition coefficient (Wildman–Crippen LogP) is 0.503. The van der Waals surface area contributed by atoms with Crippen molar-refractivity contribution >= 4 is 10.0 Å². The molecule has 0 bridgehead atoms. The molecule has 14 heavy (non-hydrogen) atoms. The summed E-state index contributed by atoms with van der Waals surface area (Å²) in [6, 6.07) is 0. The number of rotatable bonds is 5. The molecule has 0 spiro atoms. The molecule has 0 aliphatic heterocycles. The molecule has 0 aliphatic carbocycles. The molecular formula is C6H12F3NO3S. The van der Waals surface area contributed by atoms with E-state index in [9.17, 15) is 21.6 Å². The lowest BCUT2D eigenvalue weighted by molar-refractivity contribution is -0.213. The lowest BCUT2D eigenvalue weighted by Gasteiger charge is -2.16. The largest absolute Gasteiger partial charge is 0.414 e. The Balaban J connectivity index is 3.66. The molecule has 0 heterocycles. The standard InChI is InChI=1S/C6H12F3NO3S/c1-5(6(7,8)9)13-4-3-10-14(2,11)12/h5,10H,3-4H2,1-2H3. The molecule has 1 N–H and O–H groups in total. The van der Waals surface area contributed by atoms with E-state index in [1.165, 1.54) is 0 Å². The van der Waals surface area contributed by atoms with Crippen LogP contribution in [0, 0.1) is 0 Å². The van der Waals surface area contributed by atoms with Crippen LogP contribution in [0.5, 0.6) is 0 Å². The van der Waals surface area contributed by atoms with Crippen molar-refractivity contribution in [2.45, 2.75) is 19.2 Å². The number of halogens is 3. The van der Waals surface area contributed by atoms with Gasteiger partial charge in [-0.15, -0.1) is 0 Å². The highest BCUT2D eigenvalue weighted by atomic mass is 32.2. The van der Waals surface area contributed by atoms with Gasteiger partial charge in [0.2, 0.25) is 10.0 Å². The molecule has 0 aliphatic rings. The van der Waals surface area contributed by atoms with Crippen molar-refractivity contribution in [1.29, 1.82) is 0 Å². The van der Waals surface area contributed by atoms with Gasteiger partial charge in [-0.1, -0.05) is 0 Å². The Labute approximate surface area is 80.5 Å². The quantitative estimate of drug-likeness (QED) is 0.706. The maximum atomic E-state index is 11.8. The summed E-state index contributed by atoms with van der Waals surface area (Å²) in [5, 5.41) is 0. The molecule has 1 unspecified atom stereocenters. The molecule has 86 valence electrons. The Morgan fingerprint density at radius 3 is 2.29 bits per heavy atom. The molecule has 0 radical (unpaired) electrons. The van der Waals surface area contributed by atoms with Crippen LogP contribution in [0.25, 0.3) is 0 Å². The van der Waals surface area contributed by atoms with Gasteiger partial charge in [0.1, 0.15) is 0 Å². The highest BCUT2D eigenvalue weighted by molar-refractivity contribution is 7.88. The second-order valence-electron chi connectivity index (χ2n) is 2.72. The summed E-state index contributed by atoms with van der Waals surface area (Å²) in [4.78, 5) is 0. The minimum absolute atomic E-state index is 0.167. The molecule has 0 saturated carbocycles. The van der Waals surface area contributed by atoms with Crippen molar-refractivity contribution in [3.05, 3.63) is 0 Å². The fourth-order valence-electron chi connectivity index (χ4n) is 0.557. The summed E-state index contributed by atoms with van der Waals surface area (Å²) in [6.45, 7) is 0.382. The second kappa shape index (κ2) is 4.94. The van der Waals surface area contributed by atoms with Crippen molar-refractivity contribution in [3.8, 4) is 0 Å². The van der Waals surface area contributed by atoms with Crippen LogP contribution < -0.4 is 4.72 Å². The van der Waals surface area contributed by atoms with E-state index in [1.807, 2.05) is 4.72 Å². The van der Waals surface area contributed by atoms with Crippen molar-refractivity contribution in [2.75, 3.05) is 19.4 Å². The molecule has 1 atom stereocenters. The first-order chi connectivity index (χ1) is 6.13. The van der Waals surface area contributed by atoms with E-state index >= 15 is 0 Å².